The van der Waals surface area contributed by atoms with Crippen molar-refractivity contribution in [1.82, 2.24) is 0 Å². The van der Waals surface area contributed by atoms with Crippen LogP contribution in [0.2, 0.25) is 0 Å². The Morgan fingerprint density at radius 3 is 2.58 bits per heavy atom. The fourth-order valence-electron chi connectivity index (χ4n) is 4.70. The van der Waals surface area contributed by atoms with Crippen LogP contribution in [0, 0.1) is 11.8 Å². The molecule has 1 aromatic carbocycles. The summed E-state index contributed by atoms with van der Waals surface area (Å²) in [7, 11) is 0. The van der Waals surface area contributed by atoms with E-state index < -0.39 is 34.9 Å². The topological polar surface area (TPSA) is 115 Å². The minimum Gasteiger partial charge on any atom is -0.508 e. The summed E-state index contributed by atoms with van der Waals surface area (Å²) >= 11 is 6.36. The van der Waals surface area contributed by atoms with Crippen molar-refractivity contribution >= 4 is 23.2 Å². The van der Waals surface area contributed by atoms with Crippen molar-refractivity contribution in [1.29, 1.82) is 0 Å². The van der Waals surface area contributed by atoms with Crippen LogP contribution in [0.4, 0.5) is 0 Å². The van der Waals surface area contributed by atoms with Gasteiger partial charge >= 0.3 is 0 Å². The van der Waals surface area contributed by atoms with Gasteiger partial charge in [0.15, 0.2) is 11.6 Å². The number of fused-ring (bicyclic) bond motifs is 3. The van der Waals surface area contributed by atoms with Crippen molar-refractivity contribution in [3.63, 3.8) is 0 Å². The maximum Gasteiger partial charge on any atom is 0.174 e. The Morgan fingerprint density at radius 1 is 1.19 bits per heavy atom. The molecule has 3 aliphatic carbocycles. The van der Waals surface area contributed by atoms with E-state index >= 15 is 0 Å². The molecule has 6 atom stereocenters. The second-order valence-corrected chi connectivity index (χ2v) is 8.02. The number of Topliss-reactive ketones (excluding diaryl/α,β-unsaturated/α-hetero) is 2. The number of halogens is 1. The number of carbonyl (C=O) groups excluding carboxylic acids is 2. The lowest BCUT2D eigenvalue weighted by Crippen LogP contribution is -2.65. The van der Waals surface area contributed by atoms with Gasteiger partial charge in [-0.15, -0.1) is 11.6 Å². The van der Waals surface area contributed by atoms with Crippen LogP contribution in [0.3, 0.4) is 0 Å². The van der Waals surface area contributed by atoms with Gasteiger partial charge in [0.25, 0.3) is 0 Å². The standard InChI is InChI=1S/C19H19ClO6/c1-7-5-9-12(11(22)6-7)14-16(23)8-3-2-4-10(21)13(8)17(24)19(14,26)18(25)15(9)20/h2-4,7,14-15,17-18,21,24-26H,5-6H2,1H3/t7-,14-,15-,17+,18-,19+/m1/s1. The van der Waals surface area contributed by atoms with Crippen LogP contribution < -0.4 is 0 Å². The maximum absolute atomic E-state index is 13.2. The summed E-state index contributed by atoms with van der Waals surface area (Å²) < 4.78 is 0. The van der Waals surface area contributed by atoms with Crippen LogP contribution >= 0.6 is 11.6 Å². The molecule has 0 saturated carbocycles. The Hall–Kier alpha value is -1.73. The highest BCUT2D eigenvalue weighted by Crippen LogP contribution is 2.55. The molecular formula is C19H19ClO6. The van der Waals surface area contributed by atoms with Crippen LogP contribution in [-0.2, 0) is 4.79 Å². The lowest BCUT2D eigenvalue weighted by Gasteiger charge is -2.52. The van der Waals surface area contributed by atoms with Gasteiger partial charge in [-0.1, -0.05) is 19.1 Å². The maximum atomic E-state index is 13.2. The number of aromatic hydroxyl groups is 1. The Kier molecular flexibility index (Phi) is 3.83. The van der Waals surface area contributed by atoms with Gasteiger partial charge in [0.1, 0.15) is 23.6 Å². The third-order valence-electron chi connectivity index (χ3n) is 5.91. The number of rotatable bonds is 0. The van der Waals surface area contributed by atoms with Gasteiger partial charge in [0.2, 0.25) is 0 Å². The normalized spacial score (nSPS) is 39.3. The Balaban J connectivity index is 2.01. The van der Waals surface area contributed by atoms with Gasteiger partial charge in [0, 0.05) is 23.1 Å². The molecule has 0 radical (unpaired) electrons. The molecule has 0 spiro atoms. The molecule has 1 aromatic rings. The number of phenols is 1. The lowest BCUT2D eigenvalue weighted by atomic mass is 9.57. The number of aliphatic hydroxyl groups is 3. The van der Waals surface area contributed by atoms with E-state index in [9.17, 15) is 30.0 Å². The lowest BCUT2D eigenvalue weighted by molar-refractivity contribution is -0.173. The number of ketones is 2. The first-order valence-corrected chi connectivity index (χ1v) is 8.98. The van der Waals surface area contributed by atoms with Crippen LogP contribution in [0.5, 0.6) is 5.75 Å². The predicted molar refractivity (Wildman–Crippen MR) is 91.9 cm³/mol. The summed E-state index contributed by atoms with van der Waals surface area (Å²) in [5, 5.41) is 41.8. The number of carbonyl (C=O) groups is 2. The summed E-state index contributed by atoms with van der Waals surface area (Å²) in [6.07, 6.45) is -2.78. The summed E-state index contributed by atoms with van der Waals surface area (Å²) in [4.78, 5) is 25.9. The molecule has 0 saturated heterocycles. The monoisotopic (exact) mass is 378 g/mol. The molecule has 6 nitrogen and oxygen atoms in total. The van der Waals surface area contributed by atoms with Gasteiger partial charge in [-0.2, -0.15) is 0 Å². The molecule has 0 aliphatic heterocycles. The molecule has 0 unspecified atom stereocenters. The first kappa shape index (κ1) is 17.7. The minimum absolute atomic E-state index is 0.0147. The number of aliphatic hydroxyl groups excluding tert-OH is 2. The SMILES string of the molecule is C[C@H]1CC(=O)C2=C(C1)[C@@H](Cl)[C@@H](O)[C@]1(O)[C@H]2C(=O)c2cccc(O)c2[C@@H]1O. The van der Waals surface area contributed by atoms with E-state index in [1.807, 2.05) is 6.92 Å². The molecule has 4 rings (SSSR count). The van der Waals surface area contributed by atoms with Gasteiger partial charge in [-0.25, -0.2) is 0 Å². The smallest absolute Gasteiger partial charge is 0.174 e. The fourth-order valence-corrected chi connectivity index (χ4v) is 5.11. The largest absolute Gasteiger partial charge is 0.508 e. The molecular weight excluding hydrogens is 360 g/mol. The number of benzene rings is 1. The average molecular weight is 379 g/mol. The summed E-state index contributed by atoms with van der Waals surface area (Å²) in [5.41, 5.74) is -1.94. The zero-order valence-electron chi connectivity index (χ0n) is 14.0. The zero-order chi connectivity index (χ0) is 19.0. The third kappa shape index (κ3) is 2.04. The highest BCUT2D eigenvalue weighted by molar-refractivity contribution is 6.24. The molecule has 0 fully saturated rings. The second kappa shape index (κ2) is 5.63. The first-order valence-electron chi connectivity index (χ1n) is 8.54. The summed E-state index contributed by atoms with van der Waals surface area (Å²) in [6, 6.07) is 4.16. The van der Waals surface area contributed by atoms with Gasteiger partial charge < -0.3 is 20.4 Å². The fraction of sp³-hybridized carbons (Fsp3) is 0.474. The van der Waals surface area contributed by atoms with E-state index in [1.165, 1.54) is 18.2 Å². The van der Waals surface area contributed by atoms with Crippen LogP contribution in [0.25, 0.3) is 0 Å². The average Bonchev–Trinajstić information content (AvgIpc) is 2.58. The Bertz CT molecular complexity index is 862. The molecule has 4 N–H and O–H groups in total. The van der Waals surface area contributed by atoms with Crippen molar-refractivity contribution in [2.75, 3.05) is 0 Å². The van der Waals surface area contributed by atoms with Crippen LogP contribution in [-0.4, -0.2) is 49.1 Å². The van der Waals surface area contributed by atoms with Crippen molar-refractivity contribution < 1.29 is 30.0 Å². The van der Waals surface area contributed by atoms with Crippen LogP contribution in [0.1, 0.15) is 41.8 Å². The first-order chi connectivity index (χ1) is 12.2. The summed E-state index contributed by atoms with van der Waals surface area (Å²) in [6.45, 7) is 1.88. The van der Waals surface area contributed by atoms with E-state index in [-0.39, 0.29) is 40.6 Å². The summed E-state index contributed by atoms with van der Waals surface area (Å²) in [5.74, 6) is -2.67. The highest BCUT2D eigenvalue weighted by Gasteiger charge is 2.64. The molecule has 3 aliphatic rings. The molecule has 0 aromatic heterocycles. The van der Waals surface area contributed by atoms with E-state index in [1.54, 1.807) is 0 Å². The molecule has 138 valence electrons. The Labute approximate surface area is 154 Å². The minimum atomic E-state index is -2.38. The molecule has 0 amide bonds. The number of hydrogen-bond donors (Lipinski definition) is 4. The van der Waals surface area contributed by atoms with Crippen molar-refractivity contribution in [2.45, 2.75) is 43.0 Å². The van der Waals surface area contributed by atoms with Crippen molar-refractivity contribution in [3.8, 4) is 5.75 Å². The molecule has 7 heteroatoms. The Morgan fingerprint density at radius 2 is 1.88 bits per heavy atom. The molecule has 0 heterocycles. The van der Waals surface area contributed by atoms with Crippen molar-refractivity contribution in [3.05, 3.63) is 40.5 Å². The zero-order valence-corrected chi connectivity index (χ0v) is 14.8. The molecule has 0 bridgehead atoms. The predicted octanol–water partition coefficient (Wildman–Crippen LogP) is 1.25. The second-order valence-electron chi connectivity index (χ2n) is 7.55. The van der Waals surface area contributed by atoms with Crippen LogP contribution in [0.15, 0.2) is 29.3 Å². The van der Waals surface area contributed by atoms with E-state index in [2.05, 4.69) is 0 Å². The quantitative estimate of drug-likeness (QED) is 0.505. The number of phenolic OH excluding ortho intramolecular Hbond substituents is 1. The third-order valence-corrected chi connectivity index (χ3v) is 6.41. The number of alkyl halides is 1. The van der Waals surface area contributed by atoms with Crippen molar-refractivity contribution in [2.24, 2.45) is 11.8 Å². The van der Waals surface area contributed by atoms with Gasteiger partial charge in [0.05, 0.1) is 11.3 Å². The van der Waals surface area contributed by atoms with E-state index in [4.69, 9.17) is 11.6 Å². The van der Waals surface area contributed by atoms with Gasteiger partial charge in [-0.05, 0) is 24.0 Å². The highest BCUT2D eigenvalue weighted by atomic mass is 35.5. The number of hydrogen-bond acceptors (Lipinski definition) is 6. The van der Waals surface area contributed by atoms with E-state index in [0.29, 0.717) is 12.0 Å². The van der Waals surface area contributed by atoms with E-state index in [0.717, 1.165) is 0 Å². The molecule has 26 heavy (non-hydrogen) atoms. The van der Waals surface area contributed by atoms with Gasteiger partial charge in [-0.3, -0.25) is 9.59 Å².